The van der Waals surface area contributed by atoms with Crippen molar-refractivity contribution in [2.75, 3.05) is 65.6 Å². The zero-order valence-corrected chi connectivity index (χ0v) is 19.9. The number of halogens is 1. The maximum atomic E-state index is 11.6. The largest absolute Gasteiger partial charge is 0.379 e. The van der Waals surface area contributed by atoms with E-state index in [0.717, 1.165) is 71.5 Å². The first-order valence-electron chi connectivity index (χ1n) is 9.83. The second-order valence-electron chi connectivity index (χ2n) is 6.87. The molecule has 28 heavy (non-hydrogen) atoms. The van der Waals surface area contributed by atoms with Gasteiger partial charge in [-0.05, 0) is 18.4 Å². The summed E-state index contributed by atoms with van der Waals surface area (Å²) < 4.78 is 5.53. The molecular formula is C19H32IN5O2S. The monoisotopic (exact) mass is 521 g/mol. The van der Waals surface area contributed by atoms with E-state index in [0.29, 0.717) is 6.04 Å². The first kappa shape index (κ1) is 23.4. The number of thiophene rings is 1. The summed E-state index contributed by atoms with van der Waals surface area (Å²) in [7, 11) is 0. The van der Waals surface area contributed by atoms with Crippen LogP contribution in [0.25, 0.3) is 0 Å². The van der Waals surface area contributed by atoms with Gasteiger partial charge in [0.05, 0.1) is 25.8 Å². The molecular weight excluding hydrogens is 489 g/mol. The smallest absolute Gasteiger partial charge is 0.219 e. The number of piperazine rings is 1. The molecule has 1 unspecified atom stereocenters. The molecule has 0 saturated carbocycles. The first-order chi connectivity index (χ1) is 13.2. The van der Waals surface area contributed by atoms with Gasteiger partial charge in [0.1, 0.15) is 0 Å². The van der Waals surface area contributed by atoms with E-state index in [9.17, 15) is 4.79 Å². The SMILES string of the molecule is CCNC(=NCC(c1cccs1)N1CCOCC1)N1CCN(C(C)=O)CC1.I. The van der Waals surface area contributed by atoms with Gasteiger partial charge in [-0.1, -0.05) is 6.07 Å². The lowest BCUT2D eigenvalue weighted by atomic mass is 10.2. The normalized spacial score (nSPS) is 19.9. The highest BCUT2D eigenvalue weighted by atomic mass is 127. The van der Waals surface area contributed by atoms with Crippen molar-refractivity contribution in [3.05, 3.63) is 22.4 Å². The molecule has 1 N–H and O–H groups in total. The van der Waals surface area contributed by atoms with E-state index in [1.165, 1.54) is 4.88 Å². The fourth-order valence-electron chi connectivity index (χ4n) is 3.59. The molecule has 2 fully saturated rings. The van der Waals surface area contributed by atoms with E-state index in [-0.39, 0.29) is 29.9 Å². The zero-order chi connectivity index (χ0) is 19.1. The minimum atomic E-state index is 0. The van der Waals surface area contributed by atoms with Crippen LogP contribution in [0, 0.1) is 0 Å². The average molecular weight is 521 g/mol. The number of ether oxygens (including phenoxy) is 1. The minimum Gasteiger partial charge on any atom is -0.379 e. The molecule has 3 rings (SSSR count). The van der Waals surface area contributed by atoms with Crippen molar-refractivity contribution in [1.82, 2.24) is 20.0 Å². The molecule has 158 valence electrons. The molecule has 3 heterocycles. The van der Waals surface area contributed by atoms with Crippen molar-refractivity contribution in [2.45, 2.75) is 19.9 Å². The van der Waals surface area contributed by atoms with Crippen LogP contribution in [0.15, 0.2) is 22.5 Å². The molecule has 1 atom stereocenters. The third-order valence-electron chi connectivity index (χ3n) is 5.13. The van der Waals surface area contributed by atoms with Crippen LogP contribution >= 0.6 is 35.3 Å². The lowest BCUT2D eigenvalue weighted by Crippen LogP contribution is -2.53. The number of nitrogens with zero attached hydrogens (tertiary/aromatic N) is 4. The van der Waals surface area contributed by atoms with E-state index in [1.54, 1.807) is 18.3 Å². The zero-order valence-electron chi connectivity index (χ0n) is 16.8. The first-order valence-corrected chi connectivity index (χ1v) is 10.7. The van der Waals surface area contributed by atoms with Gasteiger partial charge >= 0.3 is 0 Å². The van der Waals surface area contributed by atoms with E-state index >= 15 is 0 Å². The number of carbonyl (C=O) groups is 1. The Morgan fingerprint density at radius 3 is 2.46 bits per heavy atom. The van der Waals surface area contributed by atoms with Gasteiger partial charge in [0, 0.05) is 57.6 Å². The summed E-state index contributed by atoms with van der Waals surface area (Å²) in [6.45, 7) is 12.0. The van der Waals surface area contributed by atoms with Crippen LogP contribution in [0.2, 0.25) is 0 Å². The molecule has 9 heteroatoms. The summed E-state index contributed by atoms with van der Waals surface area (Å²) in [5, 5.41) is 5.57. The predicted molar refractivity (Wildman–Crippen MR) is 125 cm³/mol. The van der Waals surface area contributed by atoms with Crippen molar-refractivity contribution in [3.8, 4) is 0 Å². The summed E-state index contributed by atoms with van der Waals surface area (Å²) in [4.78, 5) is 24.6. The van der Waals surface area contributed by atoms with Crippen LogP contribution in [-0.4, -0.2) is 92.1 Å². The maximum Gasteiger partial charge on any atom is 0.219 e. The number of amides is 1. The second kappa shape index (κ2) is 11.9. The summed E-state index contributed by atoms with van der Waals surface area (Å²) in [5.74, 6) is 1.11. The third kappa shape index (κ3) is 6.30. The van der Waals surface area contributed by atoms with E-state index in [1.807, 2.05) is 4.90 Å². The van der Waals surface area contributed by atoms with Gasteiger partial charge in [-0.2, -0.15) is 0 Å². The summed E-state index contributed by atoms with van der Waals surface area (Å²) in [5.41, 5.74) is 0. The van der Waals surface area contributed by atoms with E-state index in [2.05, 4.69) is 39.6 Å². The van der Waals surface area contributed by atoms with Gasteiger partial charge in [0.2, 0.25) is 5.91 Å². The highest BCUT2D eigenvalue weighted by Gasteiger charge is 2.25. The van der Waals surface area contributed by atoms with E-state index < -0.39 is 0 Å². The van der Waals surface area contributed by atoms with Gasteiger partial charge < -0.3 is 19.9 Å². The van der Waals surface area contributed by atoms with Gasteiger partial charge in [-0.25, -0.2) is 0 Å². The highest BCUT2D eigenvalue weighted by molar-refractivity contribution is 14.0. The average Bonchev–Trinajstić information content (AvgIpc) is 3.23. The van der Waals surface area contributed by atoms with E-state index in [4.69, 9.17) is 9.73 Å². The third-order valence-corrected chi connectivity index (χ3v) is 6.11. The maximum absolute atomic E-state index is 11.6. The quantitative estimate of drug-likeness (QED) is 0.365. The van der Waals surface area contributed by atoms with Gasteiger partial charge in [-0.15, -0.1) is 35.3 Å². The predicted octanol–water partition coefficient (Wildman–Crippen LogP) is 1.87. The van der Waals surface area contributed by atoms with Crippen molar-refractivity contribution in [3.63, 3.8) is 0 Å². The highest BCUT2D eigenvalue weighted by Crippen LogP contribution is 2.26. The Balaban J connectivity index is 0.00000280. The number of morpholine rings is 1. The summed E-state index contributed by atoms with van der Waals surface area (Å²) in [6, 6.07) is 4.61. The van der Waals surface area contributed by atoms with Gasteiger partial charge in [0.15, 0.2) is 5.96 Å². The number of nitrogens with one attached hydrogen (secondary N) is 1. The fourth-order valence-corrected chi connectivity index (χ4v) is 4.44. The second-order valence-corrected chi connectivity index (χ2v) is 7.85. The number of carbonyl (C=O) groups excluding carboxylic acids is 1. The van der Waals surface area contributed by atoms with Crippen LogP contribution in [-0.2, 0) is 9.53 Å². The Kier molecular flexibility index (Phi) is 9.96. The Morgan fingerprint density at radius 1 is 1.21 bits per heavy atom. The van der Waals surface area contributed by atoms with Crippen molar-refractivity contribution >= 4 is 47.2 Å². The number of hydrogen-bond acceptors (Lipinski definition) is 5. The number of rotatable bonds is 5. The molecule has 1 amide bonds. The topological polar surface area (TPSA) is 60.4 Å². The lowest BCUT2D eigenvalue weighted by Gasteiger charge is -2.37. The van der Waals surface area contributed by atoms with Crippen LogP contribution in [0.5, 0.6) is 0 Å². The Bertz CT molecular complexity index is 614. The van der Waals surface area contributed by atoms with Gasteiger partial charge in [0.25, 0.3) is 0 Å². The molecule has 0 radical (unpaired) electrons. The van der Waals surface area contributed by atoms with Crippen LogP contribution in [0.4, 0.5) is 0 Å². The molecule has 1 aromatic rings. The van der Waals surface area contributed by atoms with Gasteiger partial charge in [-0.3, -0.25) is 14.7 Å². The fraction of sp³-hybridized carbons (Fsp3) is 0.684. The molecule has 2 saturated heterocycles. The molecule has 0 spiro atoms. The van der Waals surface area contributed by atoms with Crippen molar-refractivity contribution in [1.29, 1.82) is 0 Å². The molecule has 0 aliphatic carbocycles. The molecule has 0 bridgehead atoms. The number of guanidine groups is 1. The van der Waals surface area contributed by atoms with Crippen LogP contribution in [0.3, 0.4) is 0 Å². The number of hydrogen-bond donors (Lipinski definition) is 1. The summed E-state index contributed by atoms with van der Waals surface area (Å²) >= 11 is 1.80. The Labute approximate surface area is 189 Å². The molecule has 2 aliphatic rings. The molecule has 1 aromatic heterocycles. The minimum absolute atomic E-state index is 0. The Hall–Kier alpha value is -0.910. The van der Waals surface area contributed by atoms with Crippen LogP contribution < -0.4 is 5.32 Å². The number of aliphatic imine (C=N–C) groups is 1. The van der Waals surface area contributed by atoms with Crippen molar-refractivity contribution in [2.24, 2.45) is 4.99 Å². The molecule has 0 aromatic carbocycles. The standard InChI is InChI=1S/C19H31N5O2S.HI/c1-3-20-19(24-8-6-22(7-9-24)16(2)25)21-15-17(18-5-4-14-27-18)23-10-12-26-13-11-23;/h4-5,14,17H,3,6-13,15H2,1-2H3,(H,20,21);1H. The summed E-state index contributed by atoms with van der Waals surface area (Å²) in [6.07, 6.45) is 0. The molecule has 7 nitrogen and oxygen atoms in total. The molecule has 2 aliphatic heterocycles. The van der Waals surface area contributed by atoms with Crippen LogP contribution in [0.1, 0.15) is 24.8 Å². The Morgan fingerprint density at radius 2 is 1.89 bits per heavy atom. The lowest BCUT2D eigenvalue weighted by molar-refractivity contribution is -0.130. The van der Waals surface area contributed by atoms with Crippen molar-refractivity contribution < 1.29 is 9.53 Å².